The molecule has 0 saturated carbocycles. The van der Waals surface area contributed by atoms with Crippen molar-refractivity contribution in [3.05, 3.63) is 17.3 Å². The Hall–Kier alpha value is -1.20. The van der Waals surface area contributed by atoms with Crippen molar-refractivity contribution in [1.82, 2.24) is 9.97 Å². The van der Waals surface area contributed by atoms with E-state index in [4.69, 9.17) is 0 Å². The van der Waals surface area contributed by atoms with Gasteiger partial charge in [-0.3, -0.25) is 0 Å². The predicted molar refractivity (Wildman–Crippen MR) is 69.6 cm³/mol. The summed E-state index contributed by atoms with van der Waals surface area (Å²) in [7, 11) is 0. The number of hydrogen-bond donors (Lipinski definition) is 1. The van der Waals surface area contributed by atoms with Gasteiger partial charge in [-0.05, 0) is 19.4 Å². The number of thiophene rings is 1. The monoisotopic (exact) mass is 249 g/mol. The van der Waals surface area contributed by atoms with E-state index >= 15 is 0 Å². The maximum Gasteiger partial charge on any atom is 0.140 e. The predicted octanol–water partition coefficient (Wildman–Crippen LogP) is 1.96. The number of rotatable bonds is 2. The van der Waals surface area contributed by atoms with E-state index in [2.05, 4.69) is 27.9 Å². The van der Waals surface area contributed by atoms with Gasteiger partial charge >= 0.3 is 0 Å². The van der Waals surface area contributed by atoms with Gasteiger partial charge in [-0.2, -0.15) is 0 Å². The number of β-amino-alcohol motifs (C(OH)–C–C–N with tert-alkyl or cyclic N) is 1. The van der Waals surface area contributed by atoms with Crippen molar-refractivity contribution < 1.29 is 5.11 Å². The highest BCUT2D eigenvalue weighted by Crippen LogP contribution is 2.35. The molecule has 5 heteroatoms. The molecule has 0 unspecified atom stereocenters. The quantitative estimate of drug-likeness (QED) is 0.884. The Morgan fingerprint density at radius 1 is 1.47 bits per heavy atom. The molecule has 90 valence electrons. The first kappa shape index (κ1) is 10.9. The van der Waals surface area contributed by atoms with Crippen LogP contribution in [0.1, 0.15) is 18.2 Å². The molecule has 0 amide bonds. The van der Waals surface area contributed by atoms with E-state index in [9.17, 15) is 5.11 Å². The molecule has 1 aliphatic rings. The smallest absolute Gasteiger partial charge is 0.140 e. The van der Waals surface area contributed by atoms with Crippen LogP contribution in [-0.2, 0) is 0 Å². The molecule has 3 rings (SSSR count). The molecule has 0 aliphatic carbocycles. The molecule has 0 bridgehead atoms. The van der Waals surface area contributed by atoms with Gasteiger partial charge in [0.2, 0.25) is 0 Å². The number of aliphatic hydroxyl groups is 1. The van der Waals surface area contributed by atoms with Crippen molar-refractivity contribution in [2.45, 2.75) is 25.9 Å². The van der Waals surface area contributed by atoms with Crippen molar-refractivity contribution in [2.24, 2.45) is 0 Å². The molecule has 0 atom stereocenters. The topological polar surface area (TPSA) is 49.2 Å². The van der Waals surface area contributed by atoms with Gasteiger partial charge in [0.05, 0.1) is 11.0 Å². The lowest BCUT2D eigenvalue weighted by atomic mass is 9.91. The number of aryl methyl sites for hydroxylation is 1. The van der Waals surface area contributed by atoms with E-state index < -0.39 is 5.60 Å². The lowest BCUT2D eigenvalue weighted by Gasteiger charge is -2.46. The summed E-state index contributed by atoms with van der Waals surface area (Å²) < 4.78 is 0. The Morgan fingerprint density at radius 2 is 2.24 bits per heavy atom. The largest absolute Gasteiger partial charge is 0.386 e. The van der Waals surface area contributed by atoms with Crippen LogP contribution in [0.5, 0.6) is 0 Å². The highest BCUT2D eigenvalue weighted by atomic mass is 32.1. The first-order valence-electron chi connectivity index (χ1n) is 5.80. The molecule has 2 aromatic heterocycles. The fourth-order valence-corrected chi connectivity index (χ4v) is 3.09. The Bertz CT molecular complexity index is 560. The number of nitrogens with zero attached hydrogens (tertiary/aromatic N) is 3. The van der Waals surface area contributed by atoms with Gasteiger partial charge < -0.3 is 10.0 Å². The number of fused-ring (bicyclic) bond motifs is 1. The third-order valence-corrected chi connectivity index (χ3v) is 4.32. The number of hydrogen-bond acceptors (Lipinski definition) is 5. The summed E-state index contributed by atoms with van der Waals surface area (Å²) in [5.41, 5.74) is -0.525. The van der Waals surface area contributed by atoms with Gasteiger partial charge in [0.1, 0.15) is 17.0 Å². The molecular weight excluding hydrogens is 234 g/mol. The van der Waals surface area contributed by atoms with Crippen molar-refractivity contribution in [1.29, 1.82) is 0 Å². The minimum atomic E-state index is -0.525. The Morgan fingerprint density at radius 3 is 2.94 bits per heavy atom. The highest BCUT2D eigenvalue weighted by Gasteiger charge is 2.40. The van der Waals surface area contributed by atoms with E-state index in [0.29, 0.717) is 13.1 Å². The van der Waals surface area contributed by atoms with Gasteiger partial charge in [0.15, 0.2) is 0 Å². The SMILES string of the molecule is CCC1(O)CN(c2ncnc3sc(C)cc23)C1. The van der Waals surface area contributed by atoms with Crippen LogP contribution in [0, 0.1) is 6.92 Å². The summed E-state index contributed by atoms with van der Waals surface area (Å²) in [4.78, 5) is 13.0. The maximum absolute atomic E-state index is 10.0. The summed E-state index contributed by atoms with van der Waals surface area (Å²) in [6, 6.07) is 2.12. The second-order valence-electron chi connectivity index (χ2n) is 4.71. The summed E-state index contributed by atoms with van der Waals surface area (Å²) in [6.07, 6.45) is 2.40. The Labute approximate surface area is 104 Å². The van der Waals surface area contributed by atoms with Crippen molar-refractivity contribution in [3.8, 4) is 0 Å². The average Bonchev–Trinajstić information content (AvgIpc) is 2.64. The minimum absolute atomic E-state index is 0.525. The summed E-state index contributed by atoms with van der Waals surface area (Å²) >= 11 is 1.68. The van der Waals surface area contributed by atoms with E-state index in [-0.39, 0.29) is 0 Å². The van der Waals surface area contributed by atoms with Crippen LogP contribution >= 0.6 is 11.3 Å². The normalized spacial score (nSPS) is 18.4. The molecule has 1 saturated heterocycles. The van der Waals surface area contributed by atoms with Crippen LogP contribution in [-0.4, -0.2) is 33.8 Å². The first-order valence-corrected chi connectivity index (χ1v) is 6.61. The third kappa shape index (κ3) is 1.70. The molecule has 1 fully saturated rings. The van der Waals surface area contributed by atoms with Crippen LogP contribution in [0.4, 0.5) is 5.82 Å². The Balaban J connectivity index is 1.97. The molecule has 1 aliphatic heterocycles. The molecular formula is C12H15N3OS. The van der Waals surface area contributed by atoms with Crippen molar-refractivity contribution in [3.63, 3.8) is 0 Å². The molecule has 1 N–H and O–H groups in total. The van der Waals surface area contributed by atoms with E-state index in [1.807, 2.05) is 6.92 Å². The first-order chi connectivity index (χ1) is 8.11. The zero-order valence-corrected chi connectivity index (χ0v) is 10.8. The molecule has 17 heavy (non-hydrogen) atoms. The van der Waals surface area contributed by atoms with Crippen LogP contribution in [0.2, 0.25) is 0 Å². The third-order valence-electron chi connectivity index (χ3n) is 3.36. The zero-order chi connectivity index (χ0) is 12.0. The summed E-state index contributed by atoms with van der Waals surface area (Å²) in [5.74, 6) is 0.956. The van der Waals surface area contributed by atoms with E-state index in [1.165, 1.54) is 4.88 Å². The second kappa shape index (κ2) is 3.65. The standard InChI is InChI=1S/C12H15N3OS/c1-3-12(16)5-15(6-12)10-9-4-8(2)17-11(9)14-7-13-10/h4,7,16H,3,5-6H2,1-2H3. The average molecular weight is 249 g/mol. The van der Waals surface area contributed by atoms with Crippen LogP contribution in [0.3, 0.4) is 0 Å². The van der Waals surface area contributed by atoms with Crippen molar-refractivity contribution in [2.75, 3.05) is 18.0 Å². The summed E-state index contributed by atoms with van der Waals surface area (Å²) in [5, 5.41) is 11.2. The second-order valence-corrected chi connectivity index (χ2v) is 5.94. The molecule has 4 nitrogen and oxygen atoms in total. The molecule has 0 radical (unpaired) electrons. The lowest BCUT2D eigenvalue weighted by molar-refractivity contribution is 0.00823. The molecule has 0 spiro atoms. The molecule has 2 aromatic rings. The fourth-order valence-electron chi connectivity index (χ4n) is 2.25. The highest BCUT2D eigenvalue weighted by molar-refractivity contribution is 7.18. The Kier molecular flexibility index (Phi) is 2.34. The minimum Gasteiger partial charge on any atom is -0.386 e. The van der Waals surface area contributed by atoms with E-state index in [0.717, 1.165) is 22.5 Å². The van der Waals surface area contributed by atoms with Gasteiger partial charge in [-0.25, -0.2) is 9.97 Å². The van der Waals surface area contributed by atoms with Crippen molar-refractivity contribution >= 4 is 27.4 Å². The van der Waals surface area contributed by atoms with Crippen LogP contribution < -0.4 is 4.90 Å². The van der Waals surface area contributed by atoms with Gasteiger partial charge in [-0.1, -0.05) is 6.92 Å². The number of anilines is 1. The van der Waals surface area contributed by atoms with Gasteiger partial charge in [0.25, 0.3) is 0 Å². The van der Waals surface area contributed by atoms with Gasteiger partial charge in [0, 0.05) is 18.0 Å². The summed E-state index contributed by atoms with van der Waals surface area (Å²) in [6.45, 7) is 5.44. The van der Waals surface area contributed by atoms with Crippen LogP contribution in [0.25, 0.3) is 10.2 Å². The maximum atomic E-state index is 10.0. The molecule has 3 heterocycles. The fraction of sp³-hybridized carbons (Fsp3) is 0.500. The van der Waals surface area contributed by atoms with E-state index in [1.54, 1.807) is 17.7 Å². The lowest BCUT2D eigenvalue weighted by Crippen LogP contribution is -2.61. The number of aromatic nitrogens is 2. The van der Waals surface area contributed by atoms with Gasteiger partial charge in [-0.15, -0.1) is 11.3 Å². The van der Waals surface area contributed by atoms with Crippen LogP contribution in [0.15, 0.2) is 12.4 Å². The zero-order valence-electron chi connectivity index (χ0n) is 9.97. The molecule has 0 aromatic carbocycles.